The molecular formula is C10H10FNO. The number of hydrogen-bond donors (Lipinski definition) is 1. The van der Waals surface area contributed by atoms with E-state index in [1.165, 1.54) is 6.07 Å². The van der Waals surface area contributed by atoms with E-state index >= 15 is 0 Å². The summed E-state index contributed by atoms with van der Waals surface area (Å²) in [4.78, 5) is 10.9. The largest absolute Gasteiger partial charge is 0.355 e. The molecule has 1 amide bonds. The number of carbonyl (C=O) groups is 1. The number of hydrogen-bond acceptors (Lipinski definition) is 1. The van der Waals surface area contributed by atoms with Gasteiger partial charge in [0.1, 0.15) is 5.82 Å². The lowest BCUT2D eigenvalue weighted by atomic mass is 9.98. The van der Waals surface area contributed by atoms with E-state index in [1.54, 1.807) is 18.2 Å². The van der Waals surface area contributed by atoms with Gasteiger partial charge in [-0.25, -0.2) is 4.39 Å². The second-order valence-electron chi connectivity index (χ2n) is 3.23. The zero-order valence-electron chi connectivity index (χ0n) is 7.09. The van der Waals surface area contributed by atoms with Crippen LogP contribution in [-0.2, 0) is 4.79 Å². The molecule has 0 spiro atoms. The van der Waals surface area contributed by atoms with Crippen LogP contribution in [0.5, 0.6) is 0 Å². The number of halogens is 1. The average Bonchev–Trinajstić information content (AvgIpc) is 2.53. The van der Waals surface area contributed by atoms with E-state index in [4.69, 9.17) is 0 Å². The highest BCUT2D eigenvalue weighted by Crippen LogP contribution is 2.24. The van der Waals surface area contributed by atoms with Crippen LogP contribution in [0.3, 0.4) is 0 Å². The standard InChI is InChI=1S/C10H10FNO/c11-9-4-2-1-3-8(9)7-5-10(13)12-6-7/h1-4,7H,5-6H2,(H,12,13). The van der Waals surface area contributed by atoms with E-state index in [0.717, 1.165) is 0 Å². The van der Waals surface area contributed by atoms with Gasteiger partial charge in [0.15, 0.2) is 0 Å². The lowest BCUT2D eigenvalue weighted by Crippen LogP contribution is -2.13. The molecule has 1 unspecified atom stereocenters. The molecule has 0 radical (unpaired) electrons. The number of nitrogens with one attached hydrogen (secondary N) is 1. The molecule has 0 aliphatic carbocycles. The molecule has 1 aromatic carbocycles. The lowest BCUT2D eigenvalue weighted by Gasteiger charge is -2.07. The fourth-order valence-electron chi connectivity index (χ4n) is 1.63. The zero-order chi connectivity index (χ0) is 9.26. The Kier molecular flexibility index (Phi) is 2.00. The van der Waals surface area contributed by atoms with Gasteiger partial charge in [-0.2, -0.15) is 0 Å². The second-order valence-corrected chi connectivity index (χ2v) is 3.23. The third kappa shape index (κ3) is 1.54. The first-order valence-electron chi connectivity index (χ1n) is 4.28. The van der Waals surface area contributed by atoms with E-state index in [9.17, 15) is 9.18 Å². The normalized spacial score (nSPS) is 21.6. The summed E-state index contributed by atoms with van der Waals surface area (Å²) in [5.41, 5.74) is 0.640. The summed E-state index contributed by atoms with van der Waals surface area (Å²) in [5.74, 6) is -0.203. The molecule has 1 N–H and O–H groups in total. The van der Waals surface area contributed by atoms with Gasteiger partial charge in [-0.3, -0.25) is 4.79 Å². The van der Waals surface area contributed by atoms with Crippen LogP contribution in [0.25, 0.3) is 0 Å². The van der Waals surface area contributed by atoms with Gasteiger partial charge in [-0.05, 0) is 11.6 Å². The molecule has 1 aliphatic heterocycles. The summed E-state index contributed by atoms with van der Waals surface area (Å²) in [7, 11) is 0. The van der Waals surface area contributed by atoms with Crippen LogP contribution in [0, 0.1) is 5.82 Å². The molecule has 1 aliphatic rings. The maximum atomic E-state index is 13.2. The van der Waals surface area contributed by atoms with Crippen LogP contribution in [0.1, 0.15) is 17.9 Å². The van der Waals surface area contributed by atoms with Crippen molar-refractivity contribution in [2.75, 3.05) is 6.54 Å². The molecule has 0 saturated carbocycles. The molecule has 0 bridgehead atoms. The smallest absolute Gasteiger partial charge is 0.220 e. The first kappa shape index (κ1) is 8.23. The van der Waals surface area contributed by atoms with Crippen molar-refractivity contribution in [3.63, 3.8) is 0 Å². The van der Waals surface area contributed by atoms with Crippen molar-refractivity contribution in [1.29, 1.82) is 0 Å². The van der Waals surface area contributed by atoms with Crippen LogP contribution < -0.4 is 5.32 Å². The highest BCUT2D eigenvalue weighted by molar-refractivity contribution is 5.79. The van der Waals surface area contributed by atoms with Gasteiger partial charge >= 0.3 is 0 Å². The van der Waals surface area contributed by atoms with Gasteiger partial charge in [-0.1, -0.05) is 18.2 Å². The highest BCUT2D eigenvalue weighted by Gasteiger charge is 2.24. The van der Waals surface area contributed by atoms with Crippen molar-refractivity contribution >= 4 is 5.91 Å². The Labute approximate surface area is 75.8 Å². The third-order valence-electron chi connectivity index (χ3n) is 2.32. The van der Waals surface area contributed by atoms with E-state index < -0.39 is 0 Å². The molecule has 1 aromatic rings. The van der Waals surface area contributed by atoms with E-state index in [-0.39, 0.29) is 17.6 Å². The van der Waals surface area contributed by atoms with Crippen LogP contribution in [0.15, 0.2) is 24.3 Å². The van der Waals surface area contributed by atoms with E-state index in [0.29, 0.717) is 18.5 Å². The molecule has 2 nitrogen and oxygen atoms in total. The molecule has 13 heavy (non-hydrogen) atoms. The average molecular weight is 179 g/mol. The summed E-state index contributed by atoms with van der Waals surface area (Å²) < 4.78 is 13.2. The fraction of sp³-hybridized carbons (Fsp3) is 0.300. The maximum Gasteiger partial charge on any atom is 0.220 e. The third-order valence-corrected chi connectivity index (χ3v) is 2.32. The molecule has 1 heterocycles. The summed E-state index contributed by atoms with van der Waals surface area (Å²) in [5, 5.41) is 2.69. The molecule has 2 rings (SSSR count). The van der Waals surface area contributed by atoms with Crippen molar-refractivity contribution in [2.45, 2.75) is 12.3 Å². The van der Waals surface area contributed by atoms with Gasteiger partial charge in [0.25, 0.3) is 0 Å². The fourth-order valence-corrected chi connectivity index (χ4v) is 1.63. The van der Waals surface area contributed by atoms with Crippen molar-refractivity contribution < 1.29 is 9.18 Å². The van der Waals surface area contributed by atoms with Crippen LogP contribution in [0.2, 0.25) is 0 Å². The minimum atomic E-state index is -0.219. The maximum absolute atomic E-state index is 13.2. The van der Waals surface area contributed by atoms with Crippen molar-refractivity contribution in [1.82, 2.24) is 5.32 Å². The van der Waals surface area contributed by atoms with Crippen molar-refractivity contribution in [2.24, 2.45) is 0 Å². The van der Waals surface area contributed by atoms with Crippen LogP contribution in [0.4, 0.5) is 4.39 Å². The quantitative estimate of drug-likeness (QED) is 0.694. The SMILES string of the molecule is O=C1CC(c2ccccc2F)CN1. The summed E-state index contributed by atoms with van der Waals surface area (Å²) in [6, 6.07) is 6.61. The molecule has 68 valence electrons. The lowest BCUT2D eigenvalue weighted by molar-refractivity contribution is -0.119. The van der Waals surface area contributed by atoms with E-state index in [2.05, 4.69) is 5.32 Å². The minimum absolute atomic E-state index is 0.00764. The van der Waals surface area contributed by atoms with E-state index in [1.807, 2.05) is 0 Å². The molecule has 1 saturated heterocycles. The molecule has 3 heteroatoms. The Morgan fingerprint density at radius 1 is 1.38 bits per heavy atom. The van der Waals surface area contributed by atoms with Crippen LogP contribution >= 0.6 is 0 Å². The van der Waals surface area contributed by atoms with Gasteiger partial charge in [0.05, 0.1) is 0 Å². The number of carbonyl (C=O) groups excluding carboxylic acids is 1. The zero-order valence-corrected chi connectivity index (χ0v) is 7.09. The summed E-state index contributed by atoms with van der Waals surface area (Å²) in [6.07, 6.45) is 0.404. The van der Waals surface area contributed by atoms with Crippen molar-refractivity contribution in [3.05, 3.63) is 35.6 Å². The Balaban J connectivity index is 2.26. The van der Waals surface area contributed by atoms with Gasteiger partial charge in [-0.15, -0.1) is 0 Å². The first-order chi connectivity index (χ1) is 6.27. The number of benzene rings is 1. The summed E-state index contributed by atoms with van der Waals surface area (Å²) in [6.45, 7) is 0.555. The molecular weight excluding hydrogens is 169 g/mol. The summed E-state index contributed by atoms with van der Waals surface area (Å²) >= 11 is 0. The van der Waals surface area contributed by atoms with Gasteiger partial charge < -0.3 is 5.32 Å². The molecule has 1 atom stereocenters. The molecule has 0 aromatic heterocycles. The van der Waals surface area contributed by atoms with Gasteiger partial charge in [0.2, 0.25) is 5.91 Å². The predicted octanol–water partition coefficient (Wildman–Crippen LogP) is 1.43. The number of rotatable bonds is 1. The monoisotopic (exact) mass is 179 g/mol. The Bertz CT molecular complexity index is 337. The first-order valence-corrected chi connectivity index (χ1v) is 4.28. The topological polar surface area (TPSA) is 29.1 Å². The second kappa shape index (κ2) is 3.17. The Morgan fingerprint density at radius 2 is 2.15 bits per heavy atom. The predicted molar refractivity (Wildman–Crippen MR) is 46.8 cm³/mol. The van der Waals surface area contributed by atoms with Crippen LogP contribution in [-0.4, -0.2) is 12.5 Å². The number of amides is 1. The van der Waals surface area contributed by atoms with Gasteiger partial charge in [0, 0.05) is 18.9 Å². The van der Waals surface area contributed by atoms with Crippen molar-refractivity contribution in [3.8, 4) is 0 Å². The Morgan fingerprint density at radius 3 is 2.77 bits per heavy atom. The Hall–Kier alpha value is -1.38. The minimum Gasteiger partial charge on any atom is -0.355 e. The highest BCUT2D eigenvalue weighted by atomic mass is 19.1. The molecule has 1 fully saturated rings.